The van der Waals surface area contributed by atoms with Gasteiger partial charge in [0.15, 0.2) is 0 Å². The van der Waals surface area contributed by atoms with Crippen molar-refractivity contribution in [2.24, 2.45) is 7.05 Å². The number of aliphatic hydroxyl groups is 1. The van der Waals surface area contributed by atoms with E-state index in [4.69, 9.17) is 4.74 Å². The molecule has 2 aromatic carbocycles. The molecular formula is C15H15N3O2. The van der Waals surface area contributed by atoms with Crippen molar-refractivity contribution >= 4 is 10.8 Å². The molecule has 102 valence electrons. The second kappa shape index (κ2) is 4.94. The normalized spacial score (nSPS) is 12.6. The Bertz CT molecular complexity index is 752. The van der Waals surface area contributed by atoms with E-state index in [0.29, 0.717) is 5.69 Å². The number of methoxy groups -OCH3 is 1. The van der Waals surface area contributed by atoms with Crippen LogP contribution in [0, 0.1) is 0 Å². The summed E-state index contributed by atoms with van der Waals surface area (Å²) in [5, 5.41) is 20.2. The Morgan fingerprint density at radius 3 is 2.55 bits per heavy atom. The SMILES string of the molecule is COc1ccc(C(O)c2cnnn2C)c2ccccc12. The Hall–Kier alpha value is -2.40. The lowest BCUT2D eigenvalue weighted by Gasteiger charge is -2.15. The molecule has 0 aliphatic rings. The number of aliphatic hydroxyl groups excluding tert-OH is 1. The summed E-state index contributed by atoms with van der Waals surface area (Å²) in [6, 6.07) is 11.6. The van der Waals surface area contributed by atoms with Gasteiger partial charge in [-0.3, -0.25) is 0 Å². The lowest BCUT2D eigenvalue weighted by atomic mass is 9.98. The average Bonchev–Trinajstić information content (AvgIpc) is 2.91. The number of hydrogen-bond donors (Lipinski definition) is 1. The van der Waals surface area contributed by atoms with E-state index >= 15 is 0 Å². The summed E-state index contributed by atoms with van der Waals surface area (Å²) in [4.78, 5) is 0. The van der Waals surface area contributed by atoms with Gasteiger partial charge in [0.25, 0.3) is 0 Å². The zero-order chi connectivity index (χ0) is 14.1. The molecule has 0 bridgehead atoms. The highest BCUT2D eigenvalue weighted by Gasteiger charge is 2.18. The van der Waals surface area contributed by atoms with Gasteiger partial charge in [-0.05, 0) is 17.0 Å². The van der Waals surface area contributed by atoms with Gasteiger partial charge in [-0.2, -0.15) is 0 Å². The highest BCUT2D eigenvalue weighted by Crippen LogP contribution is 2.33. The number of aryl methyl sites for hydroxylation is 1. The average molecular weight is 269 g/mol. The second-order valence-electron chi connectivity index (χ2n) is 4.59. The molecule has 0 radical (unpaired) electrons. The van der Waals surface area contributed by atoms with Crippen LogP contribution in [0.2, 0.25) is 0 Å². The number of ether oxygens (including phenoxy) is 1. The van der Waals surface area contributed by atoms with E-state index in [0.717, 1.165) is 22.1 Å². The number of aromatic nitrogens is 3. The maximum atomic E-state index is 10.6. The van der Waals surface area contributed by atoms with Crippen LogP contribution in [0.3, 0.4) is 0 Å². The molecule has 0 fully saturated rings. The molecule has 1 aromatic heterocycles. The van der Waals surface area contributed by atoms with Crippen LogP contribution in [0.1, 0.15) is 17.4 Å². The number of fused-ring (bicyclic) bond motifs is 1. The monoisotopic (exact) mass is 269 g/mol. The van der Waals surface area contributed by atoms with E-state index in [2.05, 4.69) is 10.3 Å². The van der Waals surface area contributed by atoms with Gasteiger partial charge in [-0.15, -0.1) is 5.10 Å². The summed E-state index contributed by atoms with van der Waals surface area (Å²) in [6.07, 6.45) is 0.801. The molecule has 5 heteroatoms. The van der Waals surface area contributed by atoms with Crippen molar-refractivity contribution in [3.63, 3.8) is 0 Å². The van der Waals surface area contributed by atoms with Gasteiger partial charge in [0.2, 0.25) is 0 Å². The molecule has 0 aliphatic heterocycles. The van der Waals surface area contributed by atoms with E-state index < -0.39 is 6.10 Å². The van der Waals surface area contributed by atoms with Crippen LogP contribution in [0.5, 0.6) is 5.75 Å². The van der Waals surface area contributed by atoms with E-state index in [1.165, 1.54) is 0 Å². The predicted octanol–water partition coefficient (Wildman–Crippen LogP) is 2.06. The van der Waals surface area contributed by atoms with Crippen molar-refractivity contribution in [1.29, 1.82) is 0 Å². The number of rotatable bonds is 3. The molecule has 0 spiro atoms. The molecule has 1 heterocycles. The minimum Gasteiger partial charge on any atom is -0.496 e. The molecule has 5 nitrogen and oxygen atoms in total. The van der Waals surface area contributed by atoms with Crippen LogP contribution in [0.15, 0.2) is 42.6 Å². The summed E-state index contributed by atoms with van der Waals surface area (Å²) in [5.74, 6) is 0.791. The van der Waals surface area contributed by atoms with Gasteiger partial charge in [0.05, 0.1) is 19.0 Å². The Morgan fingerprint density at radius 2 is 1.90 bits per heavy atom. The summed E-state index contributed by atoms with van der Waals surface area (Å²) >= 11 is 0. The van der Waals surface area contributed by atoms with Crippen molar-refractivity contribution in [2.45, 2.75) is 6.10 Å². The van der Waals surface area contributed by atoms with E-state index in [-0.39, 0.29) is 0 Å². The fourth-order valence-electron chi connectivity index (χ4n) is 2.42. The smallest absolute Gasteiger partial charge is 0.126 e. The van der Waals surface area contributed by atoms with Gasteiger partial charge in [-0.1, -0.05) is 35.5 Å². The summed E-state index contributed by atoms with van der Waals surface area (Å²) in [5.41, 5.74) is 1.46. The standard InChI is InChI=1S/C15H15N3O2/c1-18-13(9-16-17-18)15(19)12-7-8-14(20-2)11-6-4-3-5-10(11)12/h3-9,15,19H,1-2H3. The van der Waals surface area contributed by atoms with Gasteiger partial charge in [0, 0.05) is 12.4 Å². The first-order valence-electron chi connectivity index (χ1n) is 6.30. The lowest BCUT2D eigenvalue weighted by molar-refractivity contribution is 0.211. The van der Waals surface area contributed by atoms with Gasteiger partial charge < -0.3 is 9.84 Å². The Morgan fingerprint density at radius 1 is 1.15 bits per heavy atom. The summed E-state index contributed by atoms with van der Waals surface area (Å²) in [6.45, 7) is 0. The quantitative estimate of drug-likeness (QED) is 0.790. The van der Waals surface area contributed by atoms with E-state index in [1.807, 2.05) is 36.4 Å². The fourth-order valence-corrected chi connectivity index (χ4v) is 2.42. The van der Waals surface area contributed by atoms with Crippen LogP contribution >= 0.6 is 0 Å². The third-order valence-electron chi connectivity index (χ3n) is 3.46. The number of nitrogens with zero attached hydrogens (tertiary/aromatic N) is 3. The second-order valence-corrected chi connectivity index (χ2v) is 4.59. The summed E-state index contributed by atoms with van der Waals surface area (Å²) < 4.78 is 6.94. The molecule has 0 aliphatic carbocycles. The molecule has 0 saturated heterocycles. The van der Waals surface area contributed by atoms with E-state index in [1.54, 1.807) is 25.0 Å². The Kier molecular flexibility index (Phi) is 3.12. The molecule has 3 rings (SSSR count). The van der Waals surface area contributed by atoms with Crippen molar-refractivity contribution in [2.75, 3.05) is 7.11 Å². The van der Waals surface area contributed by atoms with Crippen LogP contribution in [0.4, 0.5) is 0 Å². The zero-order valence-corrected chi connectivity index (χ0v) is 11.3. The largest absolute Gasteiger partial charge is 0.496 e. The maximum Gasteiger partial charge on any atom is 0.126 e. The van der Waals surface area contributed by atoms with Crippen molar-refractivity contribution in [3.8, 4) is 5.75 Å². The van der Waals surface area contributed by atoms with Crippen molar-refractivity contribution in [3.05, 3.63) is 53.9 Å². The minimum absolute atomic E-state index is 0.653. The Balaban J connectivity index is 2.20. The fraction of sp³-hybridized carbons (Fsp3) is 0.200. The van der Waals surface area contributed by atoms with E-state index in [9.17, 15) is 5.11 Å². The lowest BCUT2D eigenvalue weighted by Crippen LogP contribution is -2.07. The summed E-state index contributed by atoms with van der Waals surface area (Å²) in [7, 11) is 3.40. The zero-order valence-electron chi connectivity index (χ0n) is 11.3. The van der Waals surface area contributed by atoms with Crippen LogP contribution in [-0.2, 0) is 7.05 Å². The molecule has 1 atom stereocenters. The van der Waals surface area contributed by atoms with Gasteiger partial charge >= 0.3 is 0 Å². The number of benzene rings is 2. The topological polar surface area (TPSA) is 60.2 Å². The van der Waals surface area contributed by atoms with Gasteiger partial charge in [0.1, 0.15) is 11.9 Å². The Labute approximate surface area is 116 Å². The molecule has 1 N–H and O–H groups in total. The molecule has 20 heavy (non-hydrogen) atoms. The van der Waals surface area contributed by atoms with Crippen LogP contribution in [-0.4, -0.2) is 27.2 Å². The van der Waals surface area contributed by atoms with Crippen molar-refractivity contribution < 1.29 is 9.84 Å². The third kappa shape index (κ3) is 1.92. The van der Waals surface area contributed by atoms with Crippen molar-refractivity contribution in [1.82, 2.24) is 15.0 Å². The molecule has 1 unspecified atom stereocenters. The molecular weight excluding hydrogens is 254 g/mol. The predicted molar refractivity (Wildman–Crippen MR) is 75.6 cm³/mol. The molecule has 3 aromatic rings. The third-order valence-corrected chi connectivity index (χ3v) is 3.46. The highest BCUT2D eigenvalue weighted by molar-refractivity contribution is 5.91. The van der Waals surface area contributed by atoms with Gasteiger partial charge in [-0.25, -0.2) is 4.68 Å². The maximum absolute atomic E-state index is 10.6. The first kappa shape index (κ1) is 12.6. The first-order chi connectivity index (χ1) is 9.72. The first-order valence-corrected chi connectivity index (χ1v) is 6.30. The molecule has 0 saturated carbocycles. The minimum atomic E-state index is -0.772. The van der Waals surface area contributed by atoms with Crippen LogP contribution < -0.4 is 4.74 Å². The highest BCUT2D eigenvalue weighted by atomic mass is 16.5. The number of hydrogen-bond acceptors (Lipinski definition) is 4. The van der Waals surface area contributed by atoms with Crippen LogP contribution in [0.25, 0.3) is 10.8 Å². The molecule has 0 amide bonds.